The van der Waals surface area contributed by atoms with Crippen LogP contribution < -0.4 is 0 Å². The second-order valence-electron chi connectivity index (χ2n) is 2.88. The number of esters is 1. The van der Waals surface area contributed by atoms with Crippen LogP contribution in [0.4, 0.5) is 4.39 Å². The van der Waals surface area contributed by atoms with Crippen molar-refractivity contribution in [2.75, 3.05) is 7.11 Å². The Morgan fingerprint density at radius 1 is 1.56 bits per heavy atom. The smallest absolute Gasteiger partial charge is 0.384 e. The number of hydrogen-bond acceptors (Lipinski definition) is 3. The van der Waals surface area contributed by atoms with Crippen molar-refractivity contribution >= 4 is 5.97 Å². The fourth-order valence-electron chi connectivity index (χ4n) is 1.07. The Hall–Kier alpha value is -2.33. The summed E-state index contributed by atoms with van der Waals surface area (Å²) in [5.74, 6) is 3.50. The summed E-state index contributed by atoms with van der Waals surface area (Å²) < 4.78 is 17.3. The Morgan fingerprint density at radius 2 is 2.31 bits per heavy atom. The monoisotopic (exact) mass is 217 g/mol. The topological polar surface area (TPSA) is 50.1 Å². The molecule has 0 fully saturated rings. The van der Waals surface area contributed by atoms with E-state index in [1.54, 1.807) is 0 Å². The second kappa shape index (κ2) is 5.53. The van der Waals surface area contributed by atoms with E-state index in [0.29, 0.717) is 11.1 Å². The molecule has 0 N–H and O–H groups in total. The van der Waals surface area contributed by atoms with Crippen LogP contribution in [0.3, 0.4) is 0 Å². The first-order chi connectivity index (χ1) is 7.67. The minimum absolute atomic E-state index is 0.117. The maximum absolute atomic E-state index is 12.9. The van der Waals surface area contributed by atoms with Crippen LogP contribution in [0, 0.1) is 29.0 Å². The van der Waals surface area contributed by atoms with Crippen molar-refractivity contribution < 1.29 is 13.9 Å². The first-order valence-corrected chi connectivity index (χ1v) is 4.42. The van der Waals surface area contributed by atoms with Gasteiger partial charge in [0.15, 0.2) is 0 Å². The van der Waals surface area contributed by atoms with Crippen molar-refractivity contribution in [2.24, 2.45) is 0 Å². The van der Waals surface area contributed by atoms with E-state index in [4.69, 9.17) is 5.26 Å². The van der Waals surface area contributed by atoms with Crippen molar-refractivity contribution in [1.82, 2.24) is 0 Å². The van der Waals surface area contributed by atoms with Gasteiger partial charge in [-0.15, -0.1) is 0 Å². The molecule has 0 radical (unpaired) electrons. The lowest BCUT2D eigenvalue weighted by molar-refractivity contribution is -0.133. The van der Waals surface area contributed by atoms with Crippen LogP contribution in [0.2, 0.25) is 0 Å². The summed E-state index contributed by atoms with van der Waals surface area (Å²) in [6.45, 7) is 0. The Labute approximate surface area is 92.5 Å². The molecule has 0 unspecified atom stereocenters. The van der Waals surface area contributed by atoms with E-state index in [9.17, 15) is 9.18 Å². The molecule has 0 saturated carbocycles. The van der Waals surface area contributed by atoms with E-state index < -0.39 is 11.8 Å². The predicted octanol–water partition coefficient (Wildman–Crippen LogP) is 1.42. The number of carbonyl (C=O) groups excluding carboxylic acids is 1. The summed E-state index contributed by atoms with van der Waals surface area (Å²) in [5, 5.41) is 8.55. The molecule has 0 amide bonds. The highest BCUT2D eigenvalue weighted by Gasteiger charge is 2.02. The number of ether oxygens (including phenoxy) is 1. The number of halogens is 1. The number of hydrogen-bond donors (Lipinski definition) is 0. The normalized spacial score (nSPS) is 8.56. The Morgan fingerprint density at radius 3 is 2.94 bits per heavy atom. The number of nitrogens with zero attached hydrogens (tertiary/aromatic N) is 1. The number of nitriles is 1. The molecule has 0 aliphatic rings. The van der Waals surface area contributed by atoms with Crippen LogP contribution in [0.1, 0.15) is 11.1 Å². The van der Waals surface area contributed by atoms with Crippen molar-refractivity contribution in [1.29, 1.82) is 5.26 Å². The van der Waals surface area contributed by atoms with Gasteiger partial charge in [-0.3, -0.25) is 0 Å². The van der Waals surface area contributed by atoms with Gasteiger partial charge in [0.05, 0.1) is 19.6 Å². The lowest BCUT2D eigenvalue weighted by Crippen LogP contribution is -1.96. The molecular weight excluding hydrogens is 209 g/mol. The van der Waals surface area contributed by atoms with Gasteiger partial charge < -0.3 is 4.74 Å². The molecule has 1 rings (SSSR count). The van der Waals surface area contributed by atoms with Gasteiger partial charge in [0.25, 0.3) is 0 Å². The summed E-state index contributed by atoms with van der Waals surface area (Å²) in [6.07, 6.45) is 0.117. The van der Waals surface area contributed by atoms with E-state index in [1.165, 1.54) is 25.3 Å². The van der Waals surface area contributed by atoms with Gasteiger partial charge in [0.2, 0.25) is 0 Å². The van der Waals surface area contributed by atoms with Gasteiger partial charge in [-0.1, -0.05) is 12.0 Å². The van der Waals surface area contributed by atoms with Crippen molar-refractivity contribution in [3.8, 4) is 17.9 Å². The van der Waals surface area contributed by atoms with Crippen LogP contribution in [0.5, 0.6) is 0 Å². The van der Waals surface area contributed by atoms with Crippen LogP contribution in [-0.4, -0.2) is 13.1 Å². The quantitative estimate of drug-likeness (QED) is 0.528. The molecule has 80 valence electrons. The first kappa shape index (κ1) is 11.7. The maximum Gasteiger partial charge on any atom is 0.384 e. The van der Waals surface area contributed by atoms with E-state index in [-0.39, 0.29) is 6.42 Å². The SMILES string of the molecule is COC(=O)C#Cc1cc(F)ccc1CC#N. The fraction of sp³-hybridized carbons (Fsp3) is 0.167. The molecular formula is C12H8FNO2. The average Bonchev–Trinajstić information content (AvgIpc) is 2.29. The molecule has 16 heavy (non-hydrogen) atoms. The van der Waals surface area contributed by atoms with Gasteiger partial charge in [0, 0.05) is 11.5 Å². The zero-order valence-electron chi connectivity index (χ0n) is 8.58. The summed E-state index contributed by atoms with van der Waals surface area (Å²) in [5.41, 5.74) is 0.909. The maximum atomic E-state index is 12.9. The van der Waals surface area contributed by atoms with Gasteiger partial charge in [-0.25, -0.2) is 9.18 Å². The number of benzene rings is 1. The van der Waals surface area contributed by atoms with Crippen LogP contribution in [-0.2, 0) is 16.0 Å². The van der Waals surface area contributed by atoms with E-state index in [2.05, 4.69) is 16.6 Å². The number of methoxy groups -OCH3 is 1. The molecule has 1 aromatic rings. The fourth-order valence-corrected chi connectivity index (χ4v) is 1.07. The van der Waals surface area contributed by atoms with Crippen molar-refractivity contribution in [2.45, 2.75) is 6.42 Å². The highest BCUT2D eigenvalue weighted by Crippen LogP contribution is 2.10. The molecule has 0 atom stereocenters. The second-order valence-corrected chi connectivity index (χ2v) is 2.88. The third kappa shape index (κ3) is 3.11. The highest BCUT2D eigenvalue weighted by molar-refractivity contribution is 5.89. The molecule has 0 saturated heterocycles. The Balaban J connectivity index is 3.09. The van der Waals surface area contributed by atoms with Crippen LogP contribution >= 0.6 is 0 Å². The minimum Gasteiger partial charge on any atom is -0.459 e. The predicted molar refractivity (Wildman–Crippen MR) is 54.6 cm³/mol. The molecule has 0 heterocycles. The zero-order chi connectivity index (χ0) is 12.0. The third-order valence-electron chi connectivity index (χ3n) is 1.83. The molecule has 4 heteroatoms. The van der Waals surface area contributed by atoms with E-state index >= 15 is 0 Å². The van der Waals surface area contributed by atoms with Crippen molar-refractivity contribution in [3.63, 3.8) is 0 Å². The largest absolute Gasteiger partial charge is 0.459 e. The van der Waals surface area contributed by atoms with Crippen LogP contribution in [0.25, 0.3) is 0 Å². The standard InChI is InChI=1S/C12H8FNO2/c1-16-12(15)5-3-10-8-11(13)4-2-9(10)6-7-14/h2,4,8H,6H2,1H3. The molecule has 3 nitrogen and oxygen atoms in total. The molecule has 0 spiro atoms. The number of rotatable bonds is 1. The minimum atomic E-state index is -0.702. The van der Waals surface area contributed by atoms with Gasteiger partial charge in [0.1, 0.15) is 5.82 Å². The third-order valence-corrected chi connectivity index (χ3v) is 1.83. The number of carbonyl (C=O) groups is 1. The lowest BCUT2D eigenvalue weighted by Gasteiger charge is -1.99. The zero-order valence-corrected chi connectivity index (χ0v) is 8.58. The highest BCUT2D eigenvalue weighted by atomic mass is 19.1. The Kier molecular flexibility index (Phi) is 4.06. The summed E-state index contributed by atoms with van der Waals surface area (Å²) >= 11 is 0. The molecule has 0 aromatic heterocycles. The summed E-state index contributed by atoms with van der Waals surface area (Å²) in [4.78, 5) is 10.8. The van der Waals surface area contributed by atoms with E-state index in [1.807, 2.05) is 6.07 Å². The summed E-state index contributed by atoms with van der Waals surface area (Å²) in [6, 6.07) is 5.84. The summed E-state index contributed by atoms with van der Waals surface area (Å²) in [7, 11) is 1.21. The van der Waals surface area contributed by atoms with E-state index in [0.717, 1.165) is 0 Å². The van der Waals surface area contributed by atoms with Crippen LogP contribution in [0.15, 0.2) is 18.2 Å². The lowest BCUT2D eigenvalue weighted by atomic mass is 10.1. The average molecular weight is 217 g/mol. The Bertz CT molecular complexity index is 506. The molecule has 0 aliphatic heterocycles. The molecule has 0 bridgehead atoms. The first-order valence-electron chi connectivity index (χ1n) is 4.42. The van der Waals surface area contributed by atoms with Gasteiger partial charge in [-0.05, 0) is 17.7 Å². The van der Waals surface area contributed by atoms with Crippen molar-refractivity contribution in [3.05, 3.63) is 35.1 Å². The van der Waals surface area contributed by atoms with Gasteiger partial charge >= 0.3 is 5.97 Å². The molecule has 1 aromatic carbocycles. The van der Waals surface area contributed by atoms with Gasteiger partial charge in [-0.2, -0.15) is 5.26 Å². The molecule has 0 aliphatic carbocycles.